The Morgan fingerprint density at radius 1 is 1.45 bits per heavy atom. The number of hydrogen-bond donors (Lipinski definition) is 1. The number of carbonyl (C=O) groups is 1. The number of thiophene rings is 1. The van der Waals surface area contributed by atoms with Crippen LogP contribution >= 0.6 is 11.3 Å². The summed E-state index contributed by atoms with van der Waals surface area (Å²) in [5, 5.41) is 9.93. The van der Waals surface area contributed by atoms with Crippen LogP contribution in [0.4, 0.5) is 0 Å². The third kappa shape index (κ3) is 2.46. The smallest absolute Gasteiger partial charge is 0.259 e. The molecule has 0 amide bonds. The van der Waals surface area contributed by atoms with Crippen LogP contribution in [0.2, 0.25) is 0 Å². The van der Waals surface area contributed by atoms with E-state index in [-0.39, 0.29) is 17.2 Å². The number of Topliss-reactive ketones (excluding diaryl/α,β-unsaturated/α-hetero) is 1. The molecule has 1 unspecified atom stereocenters. The van der Waals surface area contributed by atoms with Crippen molar-refractivity contribution in [3.05, 3.63) is 26.6 Å². The van der Waals surface area contributed by atoms with E-state index in [9.17, 15) is 14.9 Å². The molecule has 2 aromatic heterocycles. The summed E-state index contributed by atoms with van der Waals surface area (Å²) in [6, 6.07) is 1.98. The SMILES string of the molecule is CCCC(=O)C(C#N)c1nc2sc3c(c2c(=O)[nH]1)CCCC3. The molecule has 0 bridgehead atoms. The lowest BCUT2D eigenvalue weighted by atomic mass is 9.97. The molecule has 2 heterocycles. The summed E-state index contributed by atoms with van der Waals surface area (Å²) in [6.45, 7) is 1.89. The number of aromatic nitrogens is 2. The first-order chi connectivity index (χ1) is 10.7. The largest absolute Gasteiger partial charge is 0.308 e. The zero-order valence-corrected chi connectivity index (χ0v) is 13.3. The molecule has 0 spiro atoms. The second-order valence-electron chi connectivity index (χ2n) is 5.62. The predicted molar refractivity (Wildman–Crippen MR) is 85.2 cm³/mol. The van der Waals surface area contributed by atoms with Crippen molar-refractivity contribution in [2.45, 2.75) is 51.4 Å². The molecule has 0 radical (unpaired) electrons. The molecular weight excluding hydrogens is 298 g/mol. The fourth-order valence-electron chi connectivity index (χ4n) is 2.99. The molecule has 6 heteroatoms. The second-order valence-corrected chi connectivity index (χ2v) is 6.70. The summed E-state index contributed by atoms with van der Waals surface area (Å²) >= 11 is 1.53. The standard InChI is InChI=1S/C16H17N3O2S/c1-2-5-11(20)10(8-17)14-18-15(21)13-9-6-3-4-7-12(9)22-16(13)19-14/h10H,2-7H2,1H3,(H,18,19,21). The molecule has 2 aromatic rings. The number of aryl methyl sites for hydroxylation is 2. The van der Waals surface area contributed by atoms with Crippen LogP contribution in [0.15, 0.2) is 4.79 Å². The molecule has 1 N–H and O–H groups in total. The van der Waals surface area contributed by atoms with Crippen LogP contribution in [0.1, 0.15) is 54.8 Å². The molecule has 1 aliphatic rings. The van der Waals surface area contributed by atoms with Gasteiger partial charge in [0.1, 0.15) is 10.7 Å². The van der Waals surface area contributed by atoms with Gasteiger partial charge in [-0.05, 0) is 37.7 Å². The minimum Gasteiger partial charge on any atom is -0.308 e. The molecule has 5 nitrogen and oxygen atoms in total. The Hall–Kier alpha value is -2.00. The number of rotatable bonds is 4. The lowest BCUT2D eigenvalue weighted by molar-refractivity contribution is -0.119. The van der Waals surface area contributed by atoms with Gasteiger partial charge in [-0.15, -0.1) is 11.3 Å². The lowest BCUT2D eigenvalue weighted by Gasteiger charge is -2.10. The van der Waals surface area contributed by atoms with Crippen molar-refractivity contribution in [2.75, 3.05) is 0 Å². The van der Waals surface area contributed by atoms with Gasteiger partial charge in [-0.3, -0.25) is 9.59 Å². The van der Waals surface area contributed by atoms with E-state index in [1.165, 1.54) is 16.2 Å². The molecule has 1 aliphatic carbocycles. The molecule has 22 heavy (non-hydrogen) atoms. The van der Waals surface area contributed by atoms with E-state index in [0.29, 0.717) is 23.1 Å². The van der Waals surface area contributed by atoms with Gasteiger partial charge in [0, 0.05) is 11.3 Å². The fourth-order valence-corrected chi connectivity index (χ4v) is 4.26. The zero-order chi connectivity index (χ0) is 15.7. The maximum Gasteiger partial charge on any atom is 0.259 e. The summed E-state index contributed by atoms with van der Waals surface area (Å²) in [4.78, 5) is 33.5. The number of hydrogen-bond acceptors (Lipinski definition) is 5. The van der Waals surface area contributed by atoms with Gasteiger partial charge in [0.2, 0.25) is 0 Å². The van der Waals surface area contributed by atoms with Crippen molar-refractivity contribution in [3.8, 4) is 6.07 Å². The molecular formula is C16H17N3O2S. The summed E-state index contributed by atoms with van der Waals surface area (Å²) in [5.41, 5.74) is 0.892. The fraction of sp³-hybridized carbons (Fsp3) is 0.500. The van der Waals surface area contributed by atoms with Crippen LogP contribution in [0, 0.1) is 11.3 Å². The number of nitriles is 1. The Kier molecular flexibility index (Phi) is 4.08. The number of nitrogens with one attached hydrogen (secondary N) is 1. The maximum absolute atomic E-state index is 12.4. The van der Waals surface area contributed by atoms with Gasteiger partial charge in [-0.2, -0.15) is 5.26 Å². The van der Waals surface area contributed by atoms with E-state index in [2.05, 4.69) is 9.97 Å². The summed E-state index contributed by atoms with van der Waals surface area (Å²) in [6.07, 6.45) is 5.13. The van der Waals surface area contributed by atoms with Gasteiger partial charge in [-0.1, -0.05) is 6.92 Å². The number of H-pyrrole nitrogens is 1. The highest BCUT2D eigenvalue weighted by molar-refractivity contribution is 7.18. The van der Waals surface area contributed by atoms with Crippen molar-refractivity contribution >= 4 is 27.3 Å². The first kappa shape index (κ1) is 14.9. The highest BCUT2D eigenvalue weighted by Gasteiger charge is 2.25. The van der Waals surface area contributed by atoms with Gasteiger partial charge < -0.3 is 4.98 Å². The Balaban J connectivity index is 2.11. The Morgan fingerprint density at radius 2 is 2.23 bits per heavy atom. The second kappa shape index (κ2) is 6.01. The van der Waals surface area contributed by atoms with Crippen molar-refractivity contribution in [2.24, 2.45) is 0 Å². The molecule has 0 fully saturated rings. The van der Waals surface area contributed by atoms with E-state index in [1.54, 1.807) is 0 Å². The molecule has 3 rings (SSSR count). The number of fused-ring (bicyclic) bond motifs is 3. The van der Waals surface area contributed by atoms with Crippen LogP contribution in [0.25, 0.3) is 10.2 Å². The lowest BCUT2D eigenvalue weighted by Crippen LogP contribution is -2.19. The number of ketones is 1. The first-order valence-electron chi connectivity index (χ1n) is 7.62. The van der Waals surface area contributed by atoms with Crippen molar-refractivity contribution in [1.82, 2.24) is 9.97 Å². The van der Waals surface area contributed by atoms with Crippen molar-refractivity contribution in [1.29, 1.82) is 5.26 Å². The van der Waals surface area contributed by atoms with E-state index < -0.39 is 5.92 Å². The molecule has 0 aromatic carbocycles. The van der Waals surface area contributed by atoms with Crippen molar-refractivity contribution < 1.29 is 4.79 Å². The third-order valence-electron chi connectivity index (χ3n) is 4.06. The topological polar surface area (TPSA) is 86.6 Å². The van der Waals surface area contributed by atoms with Crippen LogP contribution in [-0.4, -0.2) is 15.8 Å². The van der Waals surface area contributed by atoms with Crippen LogP contribution in [0.5, 0.6) is 0 Å². The number of carbonyl (C=O) groups excluding carboxylic acids is 1. The van der Waals surface area contributed by atoms with Gasteiger partial charge in [0.15, 0.2) is 11.7 Å². The summed E-state index contributed by atoms with van der Waals surface area (Å²) < 4.78 is 0. The van der Waals surface area contributed by atoms with Crippen LogP contribution in [0.3, 0.4) is 0 Å². The normalized spacial score (nSPS) is 15.3. The first-order valence-corrected chi connectivity index (χ1v) is 8.44. The monoisotopic (exact) mass is 315 g/mol. The highest BCUT2D eigenvalue weighted by Crippen LogP contribution is 2.33. The van der Waals surface area contributed by atoms with E-state index in [4.69, 9.17) is 0 Å². The van der Waals surface area contributed by atoms with Crippen molar-refractivity contribution in [3.63, 3.8) is 0 Å². The zero-order valence-electron chi connectivity index (χ0n) is 12.4. The van der Waals surface area contributed by atoms with E-state index in [1.807, 2.05) is 13.0 Å². The Morgan fingerprint density at radius 3 is 2.95 bits per heavy atom. The molecule has 0 aliphatic heterocycles. The molecule has 114 valence electrons. The van der Waals surface area contributed by atoms with Gasteiger partial charge >= 0.3 is 0 Å². The Labute approximate surface area is 132 Å². The average Bonchev–Trinajstić information content (AvgIpc) is 2.87. The van der Waals surface area contributed by atoms with E-state index in [0.717, 1.165) is 31.2 Å². The molecule has 0 saturated carbocycles. The van der Waals surface area contributed by atoms with Gasteiger partial charge in [-0.25, -0.2) is 4.98 Å². The predicted octanol–water partition coefficient (Wildman–Crippen LogP) is 2.84. The third-order valence-corrected chi connectivity index (χ3v) is 5.25. The Bertz CT molecular complexity index is 828. The maximum atomic E-state index is 12.4. The molecule has 0 saturated heterocycles. The summed E-state index contributed by atoms with van der Waals surface area (Å²) in [5.74, 6) is -0.970. The average molecular weight is 315 g/mol. The highest BCUT2D eigenvalue weighted by atomic mass is 32.1. The quantitative estimate of drug-likeness (QED) is 0.940. The molecule has 1 atom stereocenters. The number of aromatic amines is 1. The minimum absolute atomic E-state index is 0.186. The summed E-state index contributed by atoms with van der Waals surface area (Å²) in [7, 11) is 0. The van der Waals surface area contributed by atoms with Gasteiger partial charge in [0.05, 0.1) is 11.5 Å². The van der Waals surface area contributed by atoms with E-state index >= 15 is 0 Å². The van der Waals surface area contributed by atoms with Crippen LogP contribution in [-0.2, 0) is 17.6 Å². The van der Waals surface area contributed by atoms with Crippen LogP contribution < -0.4 is 5.56 Å². The van der Waals surface area contributed by atoms with Gasteiger partial charge in [0.25, 0.3) is 5.56 Å². The minimum atomic E-state index is -0.976. The number of nitrogens with zero attached hydrogens (tertiary/aromatic N) is 2.